The number of hydrogen-bond donors (Lipinski definition) is 10. The zero-order valence-electron chi connectivity index (χ0n) is 16.7. The van der Waals surface area contributed by atoms with E-state index >= 15 is 0 Å². The van der Waals surface area contributed by atoms with Gasteiger partial charge in [0.25, 0.3) is 0 Å². The third kappa shape index (κ3) is 6.46. The van der Waals surface area contributed by atoms with Gasteiger partial charge in [0, 0.05) is 0 Å². The molecule has 0 atom stereocenters. The van der Waals surface area contributed by atoms with Crippen molar-refractivity contribution in [1.29, 1.82) is 0 Å². The van der Waals surface area contributed by atoms with Crippen molar-refractivity contribution in [3.63, 3.8) is 0 Å². The third-order valence-corrected chi connectivity index (χ3v) is 8.90. The molecule has 0 aromatic heterocycles. The summed E-state index contributed by atoms with van der Waals surface area (Å²) < 4.78 is 55.0. The van der Waals surface area contributed by atoms with Crippen LogP contribution in [0.3, 0.4) is 0 Å². The molecule has 34 heavy (non-hydrogen) atoms. The Morgan fingerprint density at radius 2 is 1.12 bits per heavy atom. The molecule has 0 unspecified atom stereocenters. The zero-order chi connectivity index (χ0) is 26.3. The van der Waals surface area contributed by atoms with Crippen molar-refractivity contribution in [2.24, 2.45) is 0 Å². The molecule has 3 rings (SSSR count). The molecule has 0 amide bonds. The van der Waals surface area contributed by atoms with Gasteiger partial charge in [-0.3, -0.25) is 18.3 Å². The van der Waals surface area contributed by atoms with E-state index in [9.17, 15) is 28.5 Å². The van der Waals surface area contributed by atoms with E-state index in [2.05, 4.69) is 0 Å². The topological polar surface area (TPSA) is 301 Å². The highest BCUT2D eigenvalue weighted by molar-refractivity contribution is 7.63. The number of phenols is 2. The highest BCUT2D eigenvalue weighted by Gasteiger charge is 2.36. The van der Waals surface area contributed by atoms with Crippen LogP contribution in [0.25, 0.3) is 0 Å². The molecule has 1 aliphatic rings. The Morgan fingerprint density at radius 3 is 1.53 bits per heavy atom. The largest absolute Gasteiger partial charge is 0.505 e. The van der Waals surface area contributed by atoms with Gasteiger partial charge in [-0.15, -0.1) is 0 Å². The van der Waals surface area contributed by atoms with Gasteiger partial charge in [0.1, 0.15) is 10.6 Å². The maximum atomic E-state index is 12.1. The van der Waals surface area contributed by atoms with Crippen molar-refractivity contribution < 1.29 is 66.9 Å². The molecule has 190 valence electrons. The normalized spacial score (nSPS) is 16.1. The summed E-state index contributed by atoms with van der Waals surface area (Å²) in [6.07, 6.45) is 0. The number of nitrogens with two attached hydrogens (primary N) is 2. The Labute approximate surface area is 190 Å². The Bertz CT molecular complexity index is 1290. The van der Waals surface area contributed by atoms with Crippen LogP contribution in [-0.4, -0.2) is 52.8 Å². The van der Waals surface area contributed by atoms with E-state index in [0.717, 1.165) is 18.2 Å². The molecule has 20 heteroatoms. The first-order valence-electron chi connectivity index (χ1n) is 8.60. The summed E-state index contributed by atoms with van der Waals surface area (Å²) in [7, 11) is -17.9. The summed E-state index contributed by atoms with van der Waals surface area (Å²) in [5.41, 5.74) is 9.78. The van der Waals surface area contributed by atoms with E-state index in [-0.39, 0.29) is 24.2 Å². The van der Waals surface area contributed by atoms with E-state index < -0.39 is 63.5 Å². The second kappa shape index (κ2) is 9.71. The summed E-state index contributed by atoms with van der Waals surface area (Å²) >= 11 is 0. The van der Waals surface area contributed by atoms with Crippen LogP contribution < -0.4 is 32.7 Å². The lowest BCUT2D eigenvalue weighted by molar-refractivity contribution is 0.365. The Kier molecular flexibility index (Phi) is 8.13. The van der Waals surface area contributed by atoms with E-state index in [0.29, 0.717) is 6.07 Å². The number of aromatic hydroxyl groups is 2. The summed E-state index contributed by atoms with van der Waals surface area (Å²) in [6.45, 7) is 0.229. The molecule has 0 spiro atoms. The van der Waals surface area contributed by atoms with Crippen molar-refractivity contribution in [2.75, 3.05) is 24.7 Å². The molecule has 1 saturated heterocycles. The molecule has 2 aromatic carbocycles. The molecule has 12 N–H and O–H groups in total. The molecule has 1 heterocycles. The average Bonchev–Trinajstić information content (AvgIpc) is 3.11. The van der Waals surface area contributed by atoms with Gasteiger partial charge >= 0.3 is 30.4 Å². The van der Waals surface area contributed by atoms with E-state index in [1.165, 1.54) is 0 Å². The predicted molar refractivity (Wildman–Crippen MR) is 119 cm³/mol. The number of hydrogen-bond acceptors (Lipinski definition) is 10. The van der Waals surface area contributed by atoms with Crippen molar-refractivity contribution in [3.05, 3.63) is 24.3 Å². The smallest absolute Gasteiger partial charge is 0.361 e. The average molecular weight is 564 g/mol. The summed E-state index contributed by atoms with van der Waals surface area (Å²) in [4.78, 5) is 53.4. The number of benzene rings is 2. The Hall–Kier alpha value is -1.76. The van der Waals surface area contributed by atoms with E-state index in [1.807, 2.05) is 0 Å². The van der Waals surface area contributed by atoms with Gasteiger partial charge in [0.2, 0.25) is 0 Å². The van der Waals surface area contributed by atoms with Crippen LogP contribution in [0.1, 0.15) is 0 Å². The van der Waals surface area contributed by atoms with E-state index in [1.54, 1.807) is 0 Å². The van der Waals surface area contributed by atoms with Crippen LogP contribution in [0, 0.1) is 0 Å². The zero-order valence-corrected chi connectivity index (χ0v) is 20.3. The van der Waals surface area contributed by atoms with Gasteiger partial charge in [0.15, 0.2) is 11.5 Å². The summed E-state index contributed by atoms with van der Waals surface area (Å²) in [5.74, 6) is -1.62. The Morgan fingerprint density at radius 1 is 0.706 bits per heavy atom. The first kappa shape index (κ1) is 28.5. The van der Waals surface area contributed by atoms with Crippen LogP contribution in [0.2, 0.25) is 0 Å². The van der Waals surface area contributed by atoms with Crippen LogP contribution in [-0.2, 0) is 27.3 Å². The van der Waals surface area contributed by atoms with E-state index in [4.69, 9.17) is 49.9 Å². The minimum absolute atomic E-state index is 0.0892. The molecule has 1 fully saturated rings. The van der Waals surface area contributed by atoms with Crippen molar-refractivity contribution in [2.45, 2.75) is 0 Å². The monoisotopic (exact) mass is 564 g/mol. The molecular weight excluding hydrogens is 544 g/mol. The lowest BCUT2D eigenvalue weighted by Crippen LogP contribution is -2.16. The number of phenolic OH excluding ortho intramolecular Hbond substituents is 2. The molecular formula is C14H20N2O14P4. The highest BCUT2D eigenvalue weighted by atomic mass is 31.2. The standard InChI is InChI=1S/C8H11NO7P2.C6H9NO7P2/c9-6-3-5(18(14)15-1-2-16-18)4-7(8(6)10)17(11,12)13;7-4-1-3(15(9,10)11)2-5(6(4)8)16(12,13)14/h3-4,10H,1-2,9H2,(H2,11,12,13);1-2,8H,7H2,(H2,9,10,11)(H2,12,13,14). The third-order valence-electron chi connectivity index (χ3n) is 4.09. The summed E-state index contributed by atoms with van der Waals surface area (Å²) in [5, 5.41) is 16.4. The van der Waals surface area contributed by atoms with Crippen molar-refractivity contribution in [1.82, 2.24) is 0 Å². The lowest BCUT2D eigenvalue weighted by Gasteiger charge is -2.14. The van der Waals surface area contributed by atoms with Gasteiger partial charge < -0.3 is 60.1 Å². The fraction of sp³-hybridized carbons (Fsp3) is 0.143. The SMILES string of the molecule is Nc1cc(P(=O)(O)O)cc(P(=O)(O)O)c1O.Nc1cc(P2(=O)OCCO2)cc(P(=O)(O)O)c1O. The Balaban J connectivity index is 0.000000242. The first-order chi connectivity index (χ1) is 15.3. The second-order valence-corrected chi connectivity index (χ2v) is 13.4. The minimum atomic E-state index is -4.85. The lowest BCUT2D eigenvalue weighted by atomic mass is 10.3. The molecule has 0 aliphatic carbocycles. The molecule has 0 bridgehead atoms. The molecule has 0 saturated carbocycles. The van der Waals surface area contributed by atoms with Gasteiger partial charge in [-0.05, 0) is 24.3 Å². The first-order valence-corrected chi connectivity index (χ1v) is 15.0. The fourth-order valence-corrected chi connectivity index (χ4v) is 6.34. The number of nitrogen functional groups attached to an aromatic ring is 2. The van der Waals surface area contributed by atoms with Gasteiger partial charge in [-0.25, -0.2) is 0 Å². The van der Waals surface area contributed by atoms with Crippen LogP contribution in [0.4, 0.5) is 11.4 Å². The quantitative estimate of drug-likeness (QED) is 0.112. The maximum absolute atomic E-state index is 12.1. The molecule has 0 radical (unpaired) electrons. The highest BCUT2D eigenvalue weighted by Crippen LogP contribution is 2.52. The predicted octanol–water partition coefficient (Wildman–Crippen LogP) is -1.78. The van der Waals surface area contributed by atoms with Crippen LogP contribution >= 0.6 is 30.4 Å². The fourth-order valence-electron chi connectivity index (χ4n) is 2.52. The summed E-state index contributed by atoms with van der Waals surface area (Å²) in [6, 6.07) is 3.29. The van der Waals surface area contributed by atoms with Gasteiger partial charge in [0.05, 0.1) is 35.2 Å². The van der Waals surface area contributed by atoms with Gasteiger partial charge in [-0.2, -0.15) is 0 Å². The van der Waals surface area contributed by atoms with Crippen molar-refractivity contribution >= 4 is 63.0 Å². The van der Waals surface area contributed by atoms with Gasteiger partial charge in [-0.1, -0.05) is 0 Å². The number of anilines is 2. The molecule has 16 nitrogen and oxygen atoms in total. The van der Waals surface area contributed by atoms with Crippen molar-refractivity contribution in [3.8, 4) is 11.5 Å². The minimum Gasteiger partial charge on any atom is -0.505 e. The molecule has 2 aromatic rings. The number of rotatable bonds is 4. The maximum Gasteiger partial charge on any atom is 0.361 e. The second-order valence-electron chi connectivity index (χ2n) is 6.60. The van der Waals surface area contributed by atoms with Crippen LogP contribution in [0.5, 0.6) is 11.5 Å². The molecule has 1 aliphatic heterocycles. The van der Waals surface area contributed by atoms with Crippen LogP contribution in [0.15, 0.2) is 24.3 Å².